The summed E-state index contributed by atoms with van der Waals surface area (Å²) < 4.78 is 17.0. The van der Waals surface area contributed by atoms with Crippen molar-refractivity contribution < 1.29 is 28.6 Å². The molecule has 0 amide bonds. The van der Waals surface area contributed by atoms with Gasteiger partial charge in [-0.3, -0.25) is 14.4 Å². The zero-order valence-corrected chi connectivity index (χ0v) is 54.1. The number of unbranched alkanes of at least 4 members (excludes halogenated alkanes) is 42. The van der Waals surface area contributed by atoms with E-state index in [0.29, 0.717) is 19.3 Å². The molecule has 0 heterocycles. The standard InChI is InChI=1S/C75H134O6/c1-4-7-10-13-16-19-22-25-28-30-32-34-35-36-37-38-39-41-42-44-47-50-53-56-59-62-65-68-74(77)80-71-72(70-79-73(76)67-64-61-58-55-52-49-46-27-24-21-18-15-12-9-6-3)81-75(78)69-66-63-60-57-54-51-48-45-43-40-33-31-29-26-23-20-17-14-11-8-5-2/h7,10,16,19,25,28,31-34,36-37,72H,4-6,8-9,11-15,17-18,20-24,26-27,29-30,35,38-71H2,1-3H3/b10-7-,19-16-,28-25-,33-31-,34-32-,37-36-. The van der Waals surface area contributed by atoms with Crippen molar-refractivity contribution in [2.24, 2.45) is 0 Å². The largest absolute Gasteiger partial charge is 0.462 e. The lowest BCUT2D eigenvalue weighted by Crippen LogP contribution is -2.30. The fourth-order valence-electron chi connectivity index (χ4n) is 10.4. The van der Waals surface area contributed by atoms with Crippen molar-refractivity contribution in [2.75, 3.05) is 13.2 Å². The van der Waals surface area contributed by atoms with E-state index >= 15 is 0 Å². The highest BCUT2D eigenvalue weighted by Crippen LogP contribution is 2.18. The summed E-state index contributed by atoms with van der Waals surface area (Å²) in [5.74, 6) is -0.854. The second-order valence-corrected chi connectivity index (χ2v) is 23.8. The van der Waals surface area contributed by atoms with Crippen molar-refractivity contribution >= 4 is 17.9 Å². The normalized spacial score (nSPS) is 12.5. The number of carbonyl (C=O) groups excluding carboxylic acids is 3. The molecule has 6 heteroatoms. The number of ether oxygens (including phenoxy) is 3. The van der Waals surface area contributed by atoms with Gasteiger partial charge in [-0.15, -0.1) is 0 Å². The predicted molar refractivity (Wildman–Crippen MR) is 353 cm³/mol. The molecule has 0 aliphatic carbocycles. The molecule has 470 valence electrons. The summed E-state index contributed by atoms with van der Waals surface area (Å²) in [4.78, 5) is 38.5. The number of hydrogen-bond acceptors (Lipinski definition) is 6. The molecule has 1 unspecified atom stereocenters. The summed E-state index contributed by atoms with van der Waals surface area (Å²) in [6.07, 6.45) is 90.6. The van der Waals surface area contributed by atoms with Gasteiger partial charge in [0.2, 0.25) is 0 Å². The molecule has 0 bridgehead atoms. The van der Waals surface area contributed by atoms with Gasteiger partial charge < -0.3 is 14.2 Å². The Hall–Kier alpha value is -3.15. The maximum Gasteiger partial charge on any atom is 0.306 e. The van der Waals surface area contributed by atoms with Gasteiger partial charge in [0, 0.05) is 19.3 Å². The van der Waals surface area contributed by atoms with E-state index < -0.39 is 6.10 Å². The van der Waals surface area contributed by atoms with Crippen LogP contribution in [-0.4, -0.2) is 37.2 Å². The van der Waals surface area contributed by atoms with Crippen molar-refractivity contribution in [3.8, 4) is 0 Å². The van der Waals surface area contributed by atoms with Gasteiger partial charge in [-0.25, -0.2) is 0 Å². The van der Waals surface area contributed by atoms with Gasteiger partial charge in [0.15, 0.2) is 6.10 Å². The quantitative estimate of drug-likeness (QED) is 0.0261. The molecule has 0 saturated heterocycles. The highest BCUT2D eigenvalue weighted by Gasteiger charge is 2.19. The molecule has 0 aromatic rings. The Labute approximate surface area is 503 Å². The van der Waals surface area contributed by atoms with Crippen molar-refractivity contribution in [1.82, 2.24) is 0 Å². The van der Waals surface area contributed by atoms with Crippen LogP contribution in [0.2, 0.25) is 0 Å². The first-order valence-corrected chi connectivity index (χ1v) is 35.4. The van der Waals surface area contributed by atoms with Gasteiger partial charge in [-0.05, 0) is 89.9 Å². The van der Waals surface area contributed by atoms with Gasteiger partial charge in [0.25, 0.3) is 0 Å². The molecule has 0 aromatic carbocycles. The summed E-state index contributed by atoms with van der Waals surface area (Å²) in [6, 6.07) is 0. The van der Waals surface area contributed by atoms with Crippen LogP contribution in [0.4, 0.5) is 0 Å². The molecular weight excluding hydrogens is 997 g/mol. The molecule has 6 nitrogen and oxygen atoms in total. The zero-order valence-electron chi connectivity index (χ0n) is 54.1. The lowest BCUT2D eigenvalue weighted by atomic mass is 10.0. The van der Waals surface area contributed by atoms with E-state index in [1.807, 2.05) is 0 Å². The minimum atomic E-state index is -0.777. The molecule has 0 spiro atoms. The Bertz CT molecular complexity index is 1490. The van der Waals surface area contributed by atoms with Crippen LogP contribution in [0.5, 0.6) is 0 Å². The third kappa shape index (κ3) is 67.5. The van der Waals surface area contributed by atoms with E-state index in [-0.39, 0.29) is 31.1 Å². The van der Waals surface area contributed by atoms with Crippen molar-refractivity contribution in [3.63, 3.8) is 0 Å². The van der Waals surface area contributed by atoms with E-state index in [1.165, 1.54) is 238 Å². The molecule has 0 saturated carbocycles. The summed E-state index contributed by atoms with van der Waals surface area (Å²) in [6.45, 7) is 6.58. The number of rotatable bonds is 65. The van der Waals surface area contributed by atoms with Crippen LogP contribution in [0.15, 0.2) is 72.9 Å². The Morgan fingerprint density at radius 3 is 0.765 bits per heavy atom. The number of allylic oxidation sites excluding steroid dienone is 12. The van der Waals surface area contributed by atoms with Gasteiger partial charge in [0.05, 0.1) is 0 Å². The minimum absolute atomic E-state index is 0.0721. The fourth-order valence-corrected chi connectivity index (χ4v) is 10.4. The maximum atomic E-state index is 13.0. The molecule has 0 rings (SSSR count). The Balaban J connectivity index is 4.30. The van der Waals surface area contributed by atoms with E-state index in [9.17, 15) is 14.4 Å². The highest BCUT2D eigenvalue weighted by molar-refractivity contribution is 5.71. The van der Waals surface area contributed by atoms with Crippen LogP contribution in [-0.2, 0) is 28.6 Å². The SMILES string of the molecule is CC/C=C\C/C=C\C/C=C\C/C=C\C/C=C\CCCCCCCCCCCCCC(=O)OCC(COC(=O)CCCCCCCCCCCCCCCCC)OC(=O)CCCCCCCCCCC/C=C\CCCCCCCCCC. The van der Waals surface area contributed by atoms with E-state index in [2.05, 4.69) is 93.7 Å². The van der Waals surface area contributed by atoms with Gasteiger partial charge >= 0.3 is 17.9 Å². The van der Waals surface area contributed by atoms with Crippen LogP contribution >= 0.6 is 0 Å². The Morgan fingerprint density at radius 2 is 0.481 bits per heavy atom. The third-order valence-corrected chi connectivity index (χ3v) is 15.7. The summed E-state index contributed by atoms with van der Waals surface area (Å²) >= 11 is 0. The molecule has 0 radical (unpaired) electrons. The van der Waals surface area contributed by atoms with E-state index in [0.717, 1.165) is 89.9 Å². The van der Waals surface area contributed by atoms with Crippen molar-refractivity contribution in [3.05, 3.63) is 72.9 Å². The Kier molecular flexibility index (Phi) is 66.6. The number of hydrogen-bond donors (Lipinski definition) is 0. The molecule has 0 aliphatic heterocycles. The summed E-state index contributed by atoms with van der Waals surface area (Å²) in [7, 11) is 0. The maximum absolute atomic E-state index is 13.0. The average molecular weight is 1130 g/mol. The Morgan fingerprint density at radius 1 is 0.259 bits per heavy atom. The summed E-state index contributed by atoms with van der Waals surface area (Å²) in [5.41, 5.74) is 0. The average Bonchev–Trinajstić information content (AvgIpc) is 3.47. The van der Waals surface area contributed by atoms with Gasteiger partial charge in [-0.2, -0.15) is 0 Å². The molecule has 81 heavy (non-hydrogen) atoms. The monoisotopic (exact) mass is 1130 g/mol. The minimum Gasteiger partial charge on any atom is -0.462 e. The second-order valence-electron chi connectivity index (χ2n) is 23.8. The second kappa shape index (κ2) is 69.3. The zero-order chi connectivity index (χ0) is 58.5. The van der Waals surface area contributed by atoms with E-state index in [1.54, 1.807) is 0 Å². The first-order chi connectivity index (χ1) is 40.0. The smallest absolute Gasteiger partial charge is 0.306 e. The lowest BCUT2D eigenvalue weighted by molar-refractivity contribution is -0.167. The van der Waals surface area contributed by atoms with Gasteiger partial charge in [0.1, 0.15) is 13.2 Å². The fraction of sp³-hybridized carbons (Fsp3) is 0.800. The van der Waals surface area contributed by atoms with Crippen molar-refractivity contribution in [2.45, 2.75) is 374 Å². The van der Waals surface area contributed by atoms with Crippen LogP contribution in [0.25, 0.3) is 0 Å². The van der Waals surface area contributed by atoms with Crippen LogP contribution in [0.3, 0.4) is 0 Å². The number of esters is 3. The number of carbonyl (C=O) groups is 3. The third-order valence-electron chi connectivity index (χ3n) is 15.7. The molecule has 0 fully saturated rings. The molecule has 0 aromatic heterocycles. The topological polar surface area (TPSA) is 78.9 Å². The summed E-state index contributed by atoms with van der Waals surface area (Å²) in [5, 5.41) is 0. The predicted octanol–water partition coefficient (Wildman–Crippen LogP) is 24.4. The van der Waals surface area contributed by atoms with Crippen LogP contribution < -0.4 is 0 Å². The van der Waals surface area contributed by atoms with Crippen LogP contribution in [0, 0.1) is 0 Å². The first-order valence-electron chi connectivity index (χ1n) is 35.4. The van der Waals surface area contributed by atoms with Gasteiger partial charge in [-0.1, -0.05) is 331 Å². The molecule has 0 N–H and O–H groups in total. The van der Waals surface area contributed by atoms with E-state index in [4.69, 9.17) is 14.2 Å². The molecular formula is C75H134O6. The first kappa shape index (κ1) is 77.9. The lowest BCUT2D eigenvalue weighted by Gasteiger charge is -2.18. The molecule has 1 atom stereocenters. The highest BCUT2D eigenvalue weighted by atomic mass is 16.6. The molecule has 0 aliphatic rings. The van der Waals surface area contributed by atoms with Crippen molar-refractivity contribution in [1.29, 1.82) is 0 Å². The van der Waals surface area contributed by atoms with Crippen LogP contribution in [0.1, 0.15) is 367 Å².